The molecule has 0 radical (unpaired) electrons. The summed E-state index contributed by atoms with van der Waals surface area (Å²) in [7, 11) is 0. The molecule has 23 heavy (non-hydrogen) atoms. The van der Waals surface area contributed by atoms with Crippen molar-refractivity contribution in [3.8, 4) is 0 Å². The number of benzene rings is 1. The molecule has 3 fully saturated rings. The Bertz CT molecular complexity index is 558. The fourth-order valence-electron chi connectivity index (χ4n) is 4.14. The van der Waals surface area contributed by atoms with Crippen LogP contribution in [0.4, 0.5) is 0 Å². The summed E-state index contributed by atoms with van der Waals surface area (Å²) >= 11 is 0. The average Bonchev–Trinajstić information content (AvgIpc) is 3.48. The second-order valence-corrected chi connectivity index (χ2v) is 8.02. The number of carbonyl (C=O) groups excluding carboxylic acids is 1. The first-order valence-corrected chi connectivity index (χ1v) is 9.25. The summed E-state index contributed by atoms with van der Waals surface area (Å²) in [6, 6.07) is 11.4. The van der Waals surface area contributed by atoms with Gasteiger partial charge in [-0.2, -0.15) is 0 Å². The molecular formula is C20H28N2O. The predicted molar refractivity (Wildman–Crippen MR) is 92.2 cm³/mol. The molecule has 1 saturated heterocycles. The highest BCUT2D eigenvalue weighted by Gasteiger charge is 2.45. The molecule has 1 N–H and O–H groups in total. The molecule has 124 valence electrons. The number of carbonyl (C=O) groups is 1. The standard InChI is InChI=1S/C20H28N2O/c1-15-13-18(15)19(23)21-17-7-11-22(12-8-17)14-20(9-10-20)16-5-3-2-4-6-16/h2-6,15,17-18H,7-14H2,1H3,(H,21,23)/t15-,18-/m0/s1. The molecule has 2 atom stereocenters. The van der Waals surface area contributed by atoms with Crippen LogP contribution >= 0.6 is 0 Å². The Morgan fingerprint density at radius 3 is 2.43 bits per heavy atom. The Hall–Kier alpha value is -1.35. The van der Waals surface area contributed by atoms with E-state index in [0.717, 1.165) is 32.4 Å². The van der Waals surface area contributed by atoms with Crippen LogP contribution in [0.3, 0.4) is 0 Å². The lowest BCUT2D eigenvalue weighted by Crippen LogP contribution is -2.47. The molecule has 0 unspecified atom stereocenters. The van der Waals surface area contributed by atoms with Crippen LogP contribution < -0.4 is 5.32 Å². The Morgan fingerprint density at radius 1 is 1.22 bits per heavy atom. The third-order valence-corrected chi connectivity index (χ3v) is 6.15. The van der Waals surface area contributed by atoms with E-state index >= 15 is 0 Å². The summed E-state index contributed by atoms with van der Waals surface area (Å²) in [6.45, 7) is 5.61. The lowest BCUT2D eigenvalue weighted by atomic mass is 9.94. The van der Waals surface area contributed by atoms with Crippen LogP contribution in [-0.2, 0) is 10.2 Å². The van der Waals surface area contributed by atoms with Crippen molar-refractivity contribution >= 4 is 5.91 Å². The summed E-state index contributed by atoms with van der Waals surface area (Å²) < 4.78 is 0. The molecule has 0 aromatic heterocycles. The van der Waals surface area contributed by atoms with E-state index in [9.17, 15) is 4.79 Å². The SMILES string of the molecule is C[C@H]1C[C@@H]1C(=O)NC1CCN(CC2(c3ccccc3)CC2)CC1. The number of nitrogens with one attached hydrogen (secondary N) is 1. The molecule has 1 aliphatic heterocycles. The van der Waals surface area contributed by atoms with E-state index in [1.807, 2.05) is 0 Å². The molecule has 4 rings (SSSR count). The topological polar surface area (TPSA) is 32.3 Å². The molecule has 1 aromatic rings. The van der Waals surface area contributed by atoms with Gasteiger partial charge in [0.05, 0.1) is 0 Å². The van der Waals surface area contributed by atoms with E-state index < -0.39 is 0 Å². The van der Waals surface area contributed by atoms with Gasteiger partial charge in [-0.3, -0.25) is 4.79 Å². The zero-order valence-corrected chi connectivity index (χ0v) is 14.1. The van der Waals surface area contributed by atoms with Gasteiger partial charge in [0, 0.05) is 37.0 Å². The maximum absolute atomic E-state index is 12.1. The van der Waals surface area contributed by atoms with Gasteiger partial charge in [-0.05, 0) is 43.6 Å². The maximum Gasteiger partial charge on any atom is 0.223 e. The van der Waals surface area contributed by atoms with Gasteiger partial charge in [0.2, 0.25) is 5.91 Å². The van der Waals surface area contributed by atoms with Gasteiger partial charge in [-0.25, -0.2) is 0 Å². The van der Waals surface area contributed by atoms with Gasteiger partial charge in [0.1, 0.15) is 0 Å². The summed E-state index contributed by atoms with van der Waals surface area (Å²) in [6.07, 6.45) is 5.96. The molecule has 0 bridgehead atoms. The quantitative estimate of drug-likeness (QED) is 0.906. The predicted octanol–water partition coefficient (Wildman–Crippen LogP) is 2.95. The third kappa shape index (κ3) is 3.30. The van der Waals surface area contributed by atoms with Crippen molar-refractivity contribution in [1.29, 1.82) is 0 Å². The largest absolute Gasteiger partial charge is 0.353 e. The van der Waals surface area contributed by atoms with E-state index in [1.54, 1.807) is 0 Å². The number of amides is 1. The first-order valence-electron chi connectivity index (χ1n) is 9.25. The van der Waals surface area contributed by atoms with Crippen molar-refractivity contribution in [2.45, 2.75) is 50.5 Å². The molecule has 3 heteroatoms. The first-order chi connectivity index (χ1) is 11.2. The Morgan fingerprint density at radius 2 is 1.87 bits per heavy atom. The van der Waals surface area contributed by atoms with Crippen LogP contribution in [0.1, 0.15) is 44.6 Å². The smallest absolute Gasteiger partial charge is 0.223 e. The van der Waals surface area contributed by atoms with E-state index in [-0.39, 0.29) is 0 Å². The van der Waals surface area contributed by atoms with Gasteiger partial charge in [0.25, 0.3) is 0 Å². The van der Waals surface area contributed by atoms with Crippen LogP contribution in [0.5, 0.6) is 0 Å². The monoisotopic (exact) mass is 312 g/mol. The van der Waals surface area contributed by atoms with Crippen LogP contribution in [0, 0.1) is 11.8 Å². The molecule has 3 aliphatic rings. The Kier molecular flexibility index (Phi) is 3.92. The van der Waals surface area contributed by atoms with Crippen LogP contribution in [0.2, 0.25) is 0 Å². The van der Waals surface area contributed by atoms with Gasteiger partial charge < -0.3 is 10.2 Å². The van der Waals surface area contributed by atoms with Gasteiger partial charge in [-0.1, -0.05) is 37.3 Å². The molecule has 2 saturated carbocycles. The third-order valence-electron chi connectivity index (χ3n) is 6.15. The molecule has 0 spiro atoms. The van der Waals surface area contributed by atoms with E-state index in [2.05, 4.69) is 47.5 Å². The molecule has 1 aromatic carbocycles. The normalized spacial score (nSPS) is 30.0. The van der Waals surface area contributed by atoms with Gasteiger partial charge in [-0.15, -0.1) is 0 Å². The number of rotatable bonds is 5. The van der Waals surface area contributed by atoms with Crippen LogP contribution in [0.15, 0.2) is 30.3 Å². The summed E-state index contributed by atoms with van der Waals surface area (Å²) in [5.41, 5.74) is 1.93. The lowest BCUT2D eigenvalue weighted by molar-refractivity contribution is -0.123. The van der Waals surface area contributed by atoms with E-state index in [4.69, 9.17) is 0 Å². The van der Waals surface area contributed by atoms with Crippen LogP contribution in [-0.4, -0.2) is 36.5 Å². The Balaban J connectivity index is 1.26. The van der Waals surface area contributed by atoms with Crippen molar-refractivity contribution < 1.29 is 4.79 Å². The summed E-state index contributed by atoms with van der Waals surface area (Å²) in [4.78, 5) is 14.7. The molecule has 2 aliphatic carbocycles. The van der Waals surface area contributed by atoms with Crippen molar-refractivity contribution in [3.05, 3.63) is 35.9 Å². The highest BCUT2D eigenvalue weighted by Crippen LogP contribution is 2.48. The zero-order valence-electron chi connectivity index (χ0n) is 14.1. The molecule has 1 amide bonds. The van der Waals surface area contributed by atoms with Crippen LogP contribution in [0.25, 0.3) is 0 Å². The van der Waals surface area contributed by atoms with Crippen molar-refractivity contribution in [1.82, 2.24) is 10.2 Å². The highest BCUT2D eigenvalue weighted by molar-refractivity contribution is 5.81. The summed E-state index contributed by atoms with van der Waals surface area (Å²) in [5.74, 6) is 1.22. The van der Waals surface area contributed by atoms with E-state index in [0.29, 0.717) is 29.2 Å². The molecular weight excluding hydrogens is 284 g/mol. The fourth-order valence-corrected chi connectivity index (χ4v) is 4.14. The van der Waals surface area contributed by atoms with Gasteiger partial charge >= 0.3 is 0 Å². The minimum atomic E-state index is 0.305. The minimum absolute atomic E-state index is 0.305. The van der Waals surface area contributed by atoms with Crippen molar-refractivity contribution in [3.63, 3.8) is 0 Å². The average molecular weight is 312 g/mol. The number of hydrogen-bond acceptors (Lipinski definition) is 2. The van der Waals surface area contributed by atoms with Crippen molar-refractivity contribution in [2.75, 3.05) is 19.6 Å². The number of piperidine rings is 1. The summed E-state index contributed by atoms with van der Waals surface area (Å²) in [5, 5.41) is 3.28. The minimum Gasteiger partial charge on any atom is -0.353 e. The first kappa shape index (κ1) is 15.2. The molecule has 3 nitrogen and oxygen atoms in total. The number of likely N-dealkylation sites (tertiary alicyclic amines) is 1. The second-order valence-electron chi connectivity index (χ2n) is 8.02. The highest BCUT2D eigenvalue weighted by atomic mass is 16.2. The number of hydrogen-bond donors (Lipinski definition) is 1. The second kappa shape index (κ2) is 5.94. The number of nitrogens with zero attached hydrogens (tertiary/aromatic N) is 1. The zero-order chi connectivity index (χ0) is 15.9. The Labute approximate surface area is 139 Å². The van der Waals surface area contributed by atoms with E-state index in [1.165, 1.54) is 24.9 Å². The maximum atomic E-state index is 12.1. The molecule has 1 heterocycles. The lowest BCUT2D eigenvalue weighted by Gasteiger charge is -2.35. The fraction of sp³-hybridized carbons (Fsp3) is 0.650. The van der Waals surface area contributed by atoms with Gasteiger partial charge in [0.15, 0.2) is 0 Å². The van der Waals surface area contributed by atoms with Crippen molar-refractivity contribution in [2.24, 2.45) is 11.8 Å².